The van der Waals surface area contributed by atoms with E-state index in [1.165, 1.54) is 23.5 Å². The number of fused-ring (bicyclic) bond motifs is 1. The minimum Gasteiger partial charge on any atom is -0.348 e. The quantitative estimate of drug-likeness (QED) is 0.722. The van der Waals surface area contributed by atoms with Gasteiger partial charge in [0, 0.05) is 14.1 Å². The summed E-state index contributed by atoms with van der Waals surface area (Å²) in [5.74, 6) is 0.0325. The fourth-order valence-electron chi connectivity index (χ4n) is 3.22. The lowest BCUT2D eigenvalue weighted by Gasteiger charge is -2.16. The van der Waals surface area contributed by atoms with Crippen molar-refractivity contribution in [3.05, 3.63) is 62.6 Å². The third kappa shape index (κ3) is 3.49. The third-order valence-electron chi connectivity index (χ3n) is 4.98. The van der Waals surface area contributed by atoms with Gasteiger partial charge in [0.1, 0.15) is 6.54 Å². The number of amides is 1. The zero-order chi connectivity index (χ0) is 20.6. The van der Waals surface area contributed by atoms with E-state index < -0.39 is 17.2 Å². The number of imidazole rings is 1. The highest BCUT2D eigenvalue weighted by molar-refractivity contribution is 5.77. The van der Waals surface area contributed by atoms with Crippen molar-refractivity contribution in [2.24, 2.45) is 14.1 Å². The van der Waals surface area contributed by atoms with Crippen LogP contribution in [0.15, 0.2) is 40.2 Å². The number of carbonyl (C=O) groups excluding carboxylic acids is 1. The Kier molecular flexibility index (Phi) is 5.22. The number of rotatable bonds is 5. The number of aryl methyl sites for hydroxylation is 2. The van der Waals surface area contributed by atoms with Crippen molar-refractivity contribution in [1.29, 1.82) is 0 Å². The molecule has 0 saturated heterocycles. The molecule has 0 saturated carbocycles. The molecule has 8 heteroatoms. The van der Waals surface area contributed by atoms with Gasteiger partial charge in [-0.3, -0.25) is 14.2 Å². The highest BCUT2D eigenvalue weighted by atomic mass is 16.2. The van der Waals surface area contributed by atoms with Gasteiger partial charge in [0.05, 0.1) is 12.4 Å². The van der Waals surface area contributed by atoms with Crippen LogP contribution in [0.25, 0.3) is 11.2 Å². The normalized spacial score (nSPS) is 12.5. The van der Waals surface area contributed by atoms with E-state index in [4.69, 9.17) is 0 Å². The Morgan fingerprint density at radius 1 is 1.07 bits per heavy atom. The average Bonchev–Trinajstić information content (AvgIpc) is 3.05. The lowest BCUT2D eigenvalue weighted by Crippen LogP contribution is -2.43. The van der Waals surface area contributed by atoms with E-state index in [1.807, 2.05) is 31.2 Å². The van der Waals surface area contributed by atoms with E-state index in [2.05, 4.69) is 24.1 Å². The molecule has 3 rings (SSSR count). The smallest absolute Gasteiger partial charge is 0.332 e. The standard InChI is InChI=1S/C20H25N5O3/c1-12(2)14-6-8-15(9-7-14)13(3)22-16(26)10-25-19(27)17-18(21-11-23(17)4)24(5)20(25)28/h6-9,11-13H,10H2,1-5H3,(H,22,26)/t13-/m1/s1. The monoisotopic (exact) mass is 383 g/mol. The van der Waals surface area contributed by atoms with Gasteiger partial charge < -0.3 is 9.88 Å². The highest BCUT2D eigenvalue weighted by Gasteiger charge is 2.18. The molecule has 0 spiro atoms. The topological polar surface area (TPSA) is 90.9 Å². The second kappa shape index (κ2) is 7.46. The van der Waals surface area contributed by atoms with Crippen LogP contribution >= 0.6 is 0 Å². The summed E-state index contributed by atoms with van der Waals surface area (Å²) in [5.41, 5.74) is 1.67. The van der Waals surface area contributed by atoms with Crippen molar-refractivity contribution in [1.82, 2.24) is 24.0 Å². The second-order valence-corrected chi connectivity index (χ2v) is 7.37. The Hall–Kier alpha value is -3.16. The summed E-state index contributed by atoms with van der Waals surface area (Å²) >= 11 is 0. The van der Waals surface area contributed by atoms with Gasteiger partial charge in [-0.1, -0.05) is 38.1 Å². The maximum atomic E-state index is 12.7. The van der Waals surface area contributed by atoms with Gasteiger partial charge in [-0.2, -0.15) is 0 Å². The van der Waals surface area contributed by atoms with Crippen molar-refractivity contribution < 1.29 is 4.79 Å². The molecular formula is C20H25N5O3. The number of nitrogens with zero attached hydrogens (tertiary/aromatic N) is 4. The van der Waals surface area contributed by atoms with Crippen molar-refractivity contribution in [2.75, 3.05) is 0 Å². The summed E-state index contributed by atoms with van der Waals surface area (Å²) in [6.45, 7) is 5.77. The third-order valence-corrected chi connectivity index (χ3v) is 4.98. The van der Waals surface area contributed by atoms with Crippen molar-refractivity contribution >= 4 is 17.1 Å². The summed E-state index contributed by atoms with van der Waals surface area (Å²) in [4.78, 5) is 41.8. The van der Waals surface area contributed by atoms with Crippen LogP contribution in [0, 0.1) is 0 Å². The number of carbonyl (C=O) groups is 1. The summed E-state index contributed by atoms with van der Waals surface area (Å²) in [7, 11) is 3.21. The van der Waals surface area contributed by atoms with E-state index in [0.717, 1.165) is 10.1 Å². The fourth-order valence-corrected chi connectivity index (χ4v) is 3.22. The minimum absolute atomic E-state index is 0.242. The Labute approximate surface area is 162 Å². The van der Waals surface area contributed by atoms with Gasteiger partial charge in [0.25, 0.3) is 5.56 Å². The molecule has 28 heavy (non-hydrogen) atoms. The zero-order valence-corrected chi connectivity index (χ0v) is 16.8. The first-order valence-electron chi connectivity index (χ1n) is 9.20. The molecule has 2 aromatic heterocycles. The summed E-state index contributed by atoms with van der Waals surface area (Å²) in [6.07, 6.45) is 1.47. The molecule has 2 heterocycles. The average molecular weight is 383 g/mol. The first-order chi connectivity index (χ1) is 13.2. The molecule has 3 aromatic rings. The maximum Gasteiger partial charge on any atom is 0.332 e. The van der Waals surface area contributed by atoms with E-state index in [-0.39, 0.29) is 18.1 Å². The SMILES string of the molecule is CC(C)c1ccc([C@@H](C)NC(=O)Cn2c(=O)c3c(ncn3C)n(C)c2=O)cc1. The molecule has 0 aliphatic rings. The van der Waals surface area contributed by atoms with Gasteiger partial charge in [-0.25, -0.2) is 14.3 Å². The molecule has 8 nitrogen and oxygen atoms in total. The highest BCUT2D eigenvalue weighted by Crippen LogP contribution is 2.18. The molecule has 0 aliphatic heterocycles. The lowest BCUT2D eigenvalue weighted by atomic mass is 9.99. The predicted molar refractivity (Wildman–Crippen MR) is 107 cm³/mol. The van der Waals surface area contributed by atoms with Gasteiger partial charge in [-0.05, 0) is 24.0 Å². The van der Waals surface area contributed by atoms with Crippen LogP contribution in [0.1, 0.15) is 43.9 Å². The van der Waals surface area contributed by atoms with Crippen LogP contribution < -0.4 is 16.6 Å². The van der Waals surface area contributed by atoms with Crippen LogP contribution in [0.5, 0.6) is 0 Å². The van der Waals surface area contributed by atoms with Crippen LogP contribution in [0.3, 0.4) is 0 Å². The van der Waals surface area contributed by atoms with Crippen molar-refractivity contribution in [3.63, 3.8) is 0 Å². The van der Waals surface area contributed by atoms with Gasteiger partial charge in [0.15, 0.2) is 11.2 Å². The van der Waals surface area contributed by atoms with E-state index in [1.54, 1.807) is 11.6 Å². The van der Waals surface area contributed by atoms with Crippen LogP contribution in [-0.4, -0.2) is 24.6 Å². The van der Waals surface area contributed by atoms with E-state index >= 15 is 0 Å². The molecule has 0 fully saturated rings. The summed E-state index contributed by atoms with van der Waals surface area (Å²) < 4.78 is 3.76. The zero-order valence-electron chi connectivity index (χ0n) is 16.8. The van der Waals surface area contributed by atoms with Crippen molar-refractivity contribution in [3.8, 4) is 0 Å². The molecule has 1 N–H and O–H groups in total. The number of hydrogen-bond acceptors (Lipinski definition) is 4. The first-order valence-corrected chi connectivity index (χ1v) is 9.20. The lowest BCUT2D eigenvalue weighted by molar-refractivity contribution is -0.122. The summed E-state index contributed by atoms with van der Waals surface area (Å²) in [5, 5.41) is 2.85. The second-order valence-electron chi connectivity index (χ2n) is 7.37. The molecule has 1 atom stereocenters. The Balaban J connectivity index is 1.82. The number of hydrogen-bond donors (Lipinski definition) is 1. The number of benzene rings is 1. The molecular weight excluding hydrogens is 358 g/mol. The fraction of sp³-hybridized carbons (Fsp3) is 0.400. The molecule has 148 valence electrons. The van der Waals surface area contributed by atoms with E-state index in [0.29, 0.717) is 11.6 Å². The van der Waals surface area contributed by atoms with Gasteiger partial charge in [0.2, 0.25) is 5.91 Å². The molecule has 0 unspecified atom stereocenters. The Bertz CT molecular complexity index is 1140. The number of nitrogens with one attached hydrogen (secondary N) is 1. The Morgan fingerprint density at radius 3 is 2.29 bits per heavy atom. The van der Waals surface area contributed by atoms with E-state index in [9.17, 15) is 14.4 Å². The maximum absolute atomic E-state index is 12.7. The largest absolute Gasteiger partial charge is 0.348 e. The van der Waals surface area contributed by atoms with Gasteiger partial charge >= 0.3 is 5.69 Å². The minimum atomic E-state index is -0.569. The number of aromatic nitrogens is 4. The molecule has 0 radical (unpaired) electrons. The molecule has 0 bridgehead atoms. The van der Waals surface area contributed by atoms with Gasteiger partial charge in [-0.15, -0.1) is 0 Å². The Morgan fingerprint density at radius 2 is 1.68 bits per heavy atom. The molecule has 1 aromatic carbocycles. The predicted octanol–water partition coefficient (Wildman–Crippen LogP) is 1.43. The molecule has 0 aliphatic carbocycles. The van der Waals surface area contributed by atoms with Crippen LogP contribution in [-0.2, 0) is 25.4 Å². The van der Waals surface area contributed by atoms with Crippen LogP contribution in [0.4, 0.5) is 0 Å². The van der Waals surface area contributed by atoms with Crippen LogP contribution in [0.2, 0.25) is 0 Å². The van der Waals surface area contributed by atoms with Crippen molar-refractivity contribution in [2.45, 2.75) is 39.3 Å². The summed E-state index contributed by atoms with van der Waals surface area (Å²) in [6, 6.07) is 7.80. The molecule has 1 amide bonds. The first kappa shape index (κ1) is 19.6.